The maximum absolute atomic E-state index is 12.1. The lowest BCUT2D eigenvalue weighted by Crippen LogP contribution is -2.47. The number of halogens is 1. The Morgan fingerprint density at radius 2 is 1.92 bits per heavy atom. The standard InChI is InChI=1S/C16H23ClN4O3/c1-4-6-13(15(23)18-3)21-16(24)20-10-7-8-12(17)11(9-10)14(22)19-5-2/h7-9,13H,4-6H2,1-3H3,(H,18,23)(H,19,22)(H2,20,21,24)/t13-/m1/s1. The second-order valence-corrected chi connectivity index (χ2v) is 5.52. The molecule has 0 bridgehead atoms. The van der Waals surface area contributed by atoms with Gasteiger partial charge in [-0.2, -0.15) is 0 Å². The quantitative estimate of drug-likeness (QED) is 0.603. The molecule has 0 saturated heterocycles. The first-order valence-electron chi connectivity index (χ1n) is 7.79. The van der Waals surface area contributed by atoms with Gasteiger partial charge in [0.1, 0.15) is 6.04 Å². The summed E-state index contributed by atoms with van der Waals surface area (Å²) < 4.78 is 0. The van der Waals surface area contributed by atoms with Gasteiger partial charge in [0.25, 0.3) is 5.91 Å². The molecule has 4 amide bonds. The minimum Gasteiger partial charge on any atom is -0.357 e. The Morgan fingerprint density at radius 1 is 1.21 bits per heavy atom. The predicted molar refractivity (Wildman–Crippen MR) is 94.4 cm³/mol. The van der Waals surface area contributed by atoms with E-state index in [1.807, 2.05) is 6.92 Å². The highest BCUT2D eigenvalue weighted by Gasteiger charge is 2.19. The van der Waals surface area contributed by atoms with Crippen LogP contribution in [0.3, 0.4) is 0 Å². The van der Waals surface area contributed by atoms with E-state index in [2.05, 4.69) is 21.3 Å². The molecule has 0 unspecified atom stereocenters. The third-order valence-electron chi connectivity index (χ3n) is 3.25. The van der Waals surface area contributed by atoms with Crippen molar-refractivity contribution in [3.8, 4) is 0 Å². The highest BCUT2D eigenvalue weighted by molar-refractivity contribution is 6.34. The summed E-state index contributed by atoms with van der Waals surface area (Å²) >= 11 is 6.01. The lowest BCUT2D eigenvalue weighted by molar-refractivity contribution is -0.122. The number of likely N-dealkylation sites (N-methyl/N-ethyl adjacent to an activating group) is 1. The van der Waals surface area contributed by atoms with Crippen LogP contribution in [0.1, 0.15) is 37.0 Å². The van der Waals surface area contributed by atoms with Crippen LogP contribution in [-0.4, -0.2) is 37.5 Å². The third kappa shape index (κ3) is 5.73. The van der Waals surface area contributed by atoms with Gasteiger partial charge in [-0.25, -0.2) is 4.79 Å². The molecule has 4 N–H and O–H groups in total. The molecule has 24 heavy (non-hydrogen) atoms. The van der Waals surface area contributed by atoms with Crippen molar-refractivity contribution in [2.24, 2.45) is 0 Å². The van der Waals surface area contributed by atoms with E-state index in [0.29, 0.717) is 23.7 Å². The molecule has 0 aliphatic rings. The number of anilines is 1. The molecule has 0 aliphatic carbocycles. The van der Waals surface area contributed by atoms with Crippen LogP contribution in [0.5, 0.6) is 0 Å². The van der Waals surface area contributed by atoms with E-state index < -0.39 is 12.1 Å². The number of rotatable bonds is 7. The van der Waals surface area contributed by atoms with Gasteiger partial charge in [0.15, 0.2) is 0 Å². The number of urea groups is 1. The van der Waals surface area contributed by atoms with Crippen molar-refractivity contribution in [1.29, 1.82) is 0 Å². The molecule has 0 aliphatic heterocycles. The second-order valence-electron chi connectivity index (χ2n) is 5.11. The number of amides is 4. The molecule has 1 aromatic carbocycles. The first-order chi connectivity index (χ1) is 11.4. The van der Waals surface area contributed by atoms with Crippen LogP contribution in [0.15, 0.2) is 18.2 Å². The highest BCUT2D eigenvalue weighted by atomic mass is 35.5. The van der Waals surface area contributed by atoms with Gasteiger partial charge in [-0.3, -0.25) is 9.59 Å². The number of nitrogens with one attached hydrogen (secondary N) is 4. The summed E-state index contributed by atoms with van der Waals surface area (Å²) in [6.07, 6.45) is 1.28. The van der Waals surface area contributed by atoms with Crippen LogP contribution in [0.2, 0.25) is 5.02 Å². The fraction of sp³-hybridized carbons (Fsp3) is 0.438. The lowest BCUT2D eigenvalue weighted by atomic mass is 10.1. The number of hydrogen-bond donors (Lipinski definition) is 4. The summed E-state index contributed by atoms with van der Waals surface area (Å²) in [6.45, 7) is 4.19. The number of carbonyl (C=O) groups is 3. The Bertz CT molecular complexity index is 607. The summed E-state index contributed by atoms with van der Waals surface area (Å²) in [5.41, 5.74) is 0.679. The van der Waals surface area contributed by atoms with E-state index in [1.54, 1.807) is 13.0 Å². The number of carbonyl (C=O) groups excluding carboxylic acids is 3. The first kappa shape index (κ1) is 19.8. The molecule has 0 radical (unpaired) electrons. The summed E-state index contributed by atoms with van der Waals surface area (Å²) in [4.78, 5) is 35.7. The molecular weight excluding hydrogens is 332 g/mol. The predicted octanol–water partition coefficient (Wildman–Crippen LogP) is 2.13. The van der Waals surface area contributed by atoms with Crippen LogP contribution in [0.25, 0.3) is 0 Å². The maximum Gasteiger partial charge on any atom is 0.319 e. The largest absolute Gasteiger partial charge is 0.357 e. The molecule has 0 fully saturated rings. The van der Waals surface area contributed by atoms with Crippen molar-refractivity contribution in [1.82, 2.24) is 16.0 Å². The molecular formula is C16H23ClN4O3. The minimum absolute atomic E-state index is 0.258. The monoisotopic (exact) mass is 354 g/mol. The van der Waals surface area contributed by atoms with E-state index in [1.165, 1.54) is 19.2 Å². The molecule has 8 heteroatoms. The average molecular weight is 355 g/mol. The summed E-state index contributed by atoms with van der Waals surface area (Å²) in [7, 11) is 1.52. The zero-order valence-corrected chi connectivity index (χ0v) is 14.8. The lowest BCUT2D eigenvalue weighted by Gasteiger charge is -2.17. The van der Waals surface area contributed by atoms with Gasteiger partial charge in [0, 0.05) is 19.3 Å². The van der Waals surface area contributed by atoms with Gasteiger partial charge in [-0.15, -0.1) is 0 Å². The molecule has 1 rings (SSSR count). The molecule has 0 heterocycles. The molecule has 1 aromatic rings. The van der Waals surface area contributed by atoms with E-state index in [9.17, 15) is 14.4 Å². The maximum atomic E-state index is 12.1. The zero-order valence-electron chi connectivity index (χ0n) is 14.0. The average Bonchev–Trinajstić information content (AvgIpc) is 2.55. The zero-order chi connectivity index (χ0) is 18.1. The van der Waals surface area contributed by atoms with Crippen molar-refractivity contribution in [3.63, 3.8) is 0 Å². The Labute approximate surface area is 146 Å². The van der Waals surface area contributed by atoms with E-state index >= 15 is 0 Å². The minimum atomic E-state index is -0.616. The highest BCUT2D eigenvalue weighted by Crippen LogP contribution is 2.20. The normalized spacial score (nSPS) is 11.3. The summed E-state index contributed by atoms with van der Waals surface area (Å²) in [5, 5.41) is 10.7. The topological polar surface area (TPSA) is 99.3 Å². The molecule has 0 aromatic heterocycles. The fourth-order valence-corrected chi connectivity index (χ4v) is 2.29. The van der Waals surface area contributed by atoms with Crippen molar-refractivity contribution in [3.05, 3.63) is 28.8 Å². The van der Waals surface area contributed by atoms with Gasteiger partial charge in [0.05, 0.1) is 10.6 Å². The second kappa shape index (κ2) is 9.77. The van der Waals surface area contributed by atoms with Gasteiger partial charge >= 0.3 is 6.03 Å². The molecule has 1 atom stereocenters. The smallest absolute Gasteiger partial charge is 0.319 e. The van der Waals surface area contributed by atoms with Gasteiger partial charge < -0.3 is 21.3 Å². The van der Waals surface area contributed by atoms with Crippen molar-refractivity contribution >= 4 is 35.1 Å². The summed E-state index contributed by atoms with van der Waals surface area (Å²) in [6, 6.07) is 3.46. The van der Waals surface area contributed by atoms with Crippen LogP contribution >= 0.6 is 11.6 Å². The van der Waals surface area contributed by atoms with Crippen molar-refractivity contribution < 1.29 is 14.4 Å². The van der Waals surface area contributed by atoms with E-state index in [4.69, 9.17) is 11.6 Å². The Morgan fingerprint density at radius 3 is 2.50 bits per heavy atom. The summed E-state index contributed by atoms with van der Waals surface area (Å²) in [5.74, 6) is -0.577. The number of benzene rings is 1. The van der Waals surface area contributed by atoms with Gasteiger partial charge in [-0.1, -0.05) is 24.9 Å². The van der Waals surface area contributed by atoms with Crippen LogP contribution in [0.4, 0.5) is 10.5 Å². The van der Waals surface area contributed by atoms with Crippen molar-refractivity contribution in [2.75, 3.05) is 18.9 Å². The Kier molecular flexibility index (Phi) is 8.05. The molecule has 0 spiro atoms. The van der Waals surface area contributed by atoms with E-state index in [-0.39, 0.29) is 17.4 Å². The Hall–Kier alpha value is -2.28. The van der Waals surface area contributed by atoms with Crippen LogP contribution < -0.4 is 21.3 Å². The molecule has 7 nitrogen and oxygen atoms in total. The fourth-order valence-electron chi connectivity index (χ4n) is 2.09. The Balaban J connectivity index is 2.81. The third-order valence-corrected chi connectivity index (χ3v) is 3.58. The van der Waals surface area contributed by atoms with Gasteiger partial charge in [-0.05, 0) is 31.5 Å². The van der Waals surface area contributed by atoms with E-state index in [0.717, 1.165) is 6.42 Å². The van der Waals surface area contributed by atoms with Crippen LogP contribution in [-0.2, 0) is 4.79 Å². The van der Waals surface area contributed by atoms with Crippen molar-refractivity contribution in [2.45, 2.75) is 32.7 Å². The first-order valence-corrected chi connectivity index (χ1v) is 8.17. The SMILES string of the molecule is CCC[C@@H](NC(=O)Nc1ccc(Cl)c(C(=O)NCC)c1)C(=O)NC. The van der Waals surface area contributed by atoms with Crippen LogP contribution in [0, 0.1) is 0 Å². The number of hydrogen-bond acceptors (Lipinski definition) is 3. The molecule has 0 saturated carbocycles. The van der Waals surface area contributed by atoms with Gasteiger partial charge in [0.2, 0.25) is 5.91 Å². The molecule has 132 valence electrons.